The van der Waals surface area contributed by atoms with Crippen molar-refractivity contribution in [3.8, 4) is 0 Å². The van der Waals surface area contributed by atoms with E-state index < -0.39 is 11.8 Å². The van der Waals surface area contributed by atoms with Crippen molar-refractivity contribution in [3.05, 3.63) is 82.9 Å². The molecule has 1 fully saturated rings. The van der Waals surface area contributed by atoms with Gasteiger partial charge in [-0.25, -0.2) is 0 Å². The SMILES string of the molecule is CC(C)(C)c1ccc(COC(=O)[C@H]2[C@H](C(=O)OCc3ccc(C(C)(C)C)cc3)[C@H]3C=C[C@@H]2C3)cc1. The Morgan fingerprint density at radius 1 is 0.657 bits per heavy atom. The van der Waals surface area contributed by atoms with E-state index in [4.69, 9.17) is 9.47 Å². The predicted octanol–water partition coefficient (Wildman–Crippen LogP) is 6.51. The van der Waals surface area contributed by atoms with Crippen LogP contribution < -0.4 is 0 Å². The highest BCUT2D eigenvalue weighted by molar-refractivity contribution is 5.84. The summed E-state index contributed by atoms with van der Waals surface area (Å²) in [5.41, 5.74) is 4.52. The summed E-state index contributed by atoms with van der Waals surface area (Å²) in [6, 6.07) is 16.3. The largest absolute Gasteiger partial charge is 0.461 e. The van der Waals surface area contributed by atoms with Gasteiger partial charge in [0.25, 0.3) is 0 Å². The van der Waals surface area contributed by atoms with Crippen molar-refractivity contribution in [1.29, 1.82) is 0 Å². The van der Waals surface area contributed by atoms with Crippen molar-refractivity contribution < 1.29 is 19.1 Å². The van der Waals surface area contributed by atoms with Crippen LogP contribution in [0.3, 0.4) is 0 Å². The number of ether oxygens (including phenoxy) is 2. The summed E-state index contributed by atoms with van der Waals surface area (Å²) in [6.07, 6.45) is 4.92. The molecule has 0 N–H and O–H groups in total. The summed E-state index contributed by atoms with van der Waals surface area (Å²) in [5.74, 6) is -1.49. The summed E-state index contributed by atoms with van der Waals surface area (Å²) < 4.78 is 11.4. The van der Waals surface area contributed by atoms with Crippen LogP contribution in [0.1, 0.15) is 70.2 Å². The van der Waals surface area contributed by atoms with E-state index in [0.29, 0.717) is 0 Å². The van der Waals surface area contributed by atoms with E-state index in [1.165, 1.54) is 11.1 Å². The molecule has 2 aromatic carbocycles. The molecule has 0 aromatic heterocycles. The molecule has 186 valence electrons. The molecule has 4 rings (SSSR count). The van der Waals surface area contributed by atoms with Gasteiger partial charge in [-0.15, -0.1) is 0 Å². The van der Waals surface area contributed by atoms with Gasteiger partial charge >= 0.3 is 11.9 Å². The van der Waals surface area contributed by atoms with Crippen LogP contribution in [0.2, 0.25) is 0 Å². The summed E-state index contributed by atoms with van der Waals surface area (Å²) in [5, 5.41) is 0. The van der Waals surface area contributed by atoms with Crippen molar-refractivity contribution >= 4 is 11.9 Å². The lowest BCUT2D eigenvalue weighted by atomic mass is 9.83. The lowest BCUT2D eigenvalue weighted by molar-refractivity contribution is -0.162. The minimum absolute atomic E-state index is 0.0411. The van der Waals surface area contributed by atoms with E-state index >= 15 is 0 Å². The van der Waals surface area contributed by atoms with Crippen LogP contribution >= 0.6 is 0 Å². The van der Waals surface area contributed by atoms with Crippen molar-refractivity contribution in [2.45, 2.75) is 72.0 Å². The molecule has 0 radical (unpaired) electrons. The number of allylic oxidation sites excluding steroid dienone is 2. The van der Waals surface area contributed by atoms with E-state index in [-0.39, 0.29) is 47.8 Å². The lowest BCUT2D eigenvalue weighted by Crippen LogP contribution is -2.35. The molecule has 2 aromatic rings. The average Bonchev–Trinajstić information content (AvgIpc) is 3.42. The van der Waals surface area contributed by atoms with E-state index in [2.05, 4.69) is 78.0 Å². The van der Waals surface area contributed by atoms with Crippen molar-refractivity contribution in [2.24, 2.45) is 23.7 Å². The summed E-state index contributed by atoms with van der Waals surface area (Å²) in [4.78, 5) is 26.2. The summed E-state index contributed by atoms with van der Waals surface area (Å²) in [6.45, 7) is 13.5. The van der Waals surface area contributed by atoms with Gasteiger partial charge in [0.15, 0.2) is 0 Å². The fourth-order valence-corrected chi connectivity index (χ4v) is 5.17. The lowest BCUT2D eigenvalue weighted by Gasteiger charge is -2.25. The molecule has 2 bridgehead atoms. The maximum atomic E-state index is 13.1. The molecule has 0 spiro atoms. The Bertz CT molecular complexity index is 993. The summed E-state index contributed by atoms with van der Waals surface area (Å²) >= 11 is 0. The third-order valence-corrected chi connectivity index (χ3v) is 7.41. The van der Waals surface area contributed by atoms with Gasteiger partial charge in [0.2, 0.25) is 0 Å². The van der Waals surface area contributed by atoms with Gasteiger partial charge in [-0.1, -0.05) is 102 Å². The maximum absolute atomic E-state index is 13.1. The van der Waals surface area contributed by atoms with Crippen molar-refractivity contribution in [2.75, 3.05) is 0 Å². The topological polar surface area (TPSA) is 52.6 Å². The first-order valence-corrected chi connectivity index (χ1v) is 12.6. The Labute approximate surface area is 209 Å². The maximum Gasteiger partial charge on any atom is 0.310 e. The van der Waals surface area contributed by atoms with Gasteiger partial charge in [0.1, 0.15) is 13.2 Å². The number of rotatable bonds is 6. The van der Waals surface area contributed by atoms with Gasteiger partial charge in [0, 0.05) is 0 Å². The van der Waals surface area contributed by atoms with Crippen LogP contribution in [0.15, 0.2) is 60.7 Å². The molecule has 0 aliphatic heterocycles. The van der Waals surface area contributed by atoms with Crippen molar-refractivity contribution in [3.63, 3.8) is 0 Å². The highest BCUT2D eigenvalue weighted by Crippen LogP contribution is 2.49. The van der Waals surface area contributed by atoms with E-state index in [1.54, 1.807) is 0 Å². The highest BCUT2D eigenvalue weighted by Gasteiger charge is 2.53. The molecular formula is C31H38O4. The van der Waals surface area contributed by atoms with Crippen LogP contribution in [0.5, 0.6) is 0 Å². The second-order valence-electron chi connectivity index (χ2n) is 12.1. The Morgan fingerprint density at radius 2 is 1.00 bits per heavy atom. The molecule has 0 saturated heterocycles. The van der Waals surface area contributed by atoms with Crippen LogP contribution in [0, 0.1) is 23.7 Å². The zero-order valence-electron chi connectivity index (χ0n) is 21.8. The fourth-order valence-electron chi connectivity index (χ4n) is 5.17. The minimum atomic E-state index is -0.477. The van der Waals surface area contributed by atoms with Crippen LogP contribution in [-0.4, -0.2) is 11.9 Å². The monoisotopic (exact) mass is 474 g/mol. The Morgan fingerprint density at radius 3 is 1.31 bits per heavy atom. The standard InChI is InChI=1S/C31H38O4/c1-30(2,3)24-13-7-20(8-14-24)18-34-28(32)26-22-11-12-23(17-22)27(26)29(33)35-19-21-9-15-25(16-10-21)31(4,5)6/h7-16,22-23,26-27H,17-19H2,1-6H3/t22-,23+,26-,27-/m1/s1. The second kappa shape index (κ2) is 9.64. The minimum Gasteiger partial charge on any atom is -0.461 e. The van der Waals surface area contributed by atoms with Crippen LogP contribution in [-0.2, 0) is 43.1 Å². The molecule has 2 aliphatic rings. The molecule has 35 heavy (non-hydrogen) atoms. The molecule has 4 heteroatoms. The quantitative estimate of drug-likeness (QED) is 0.354. The second-order valence-corrected chi connectivity index (χ2v) is 12.1. The number of carbonyl (C=O) groups is 2. The number of benzene rings is 2. The first-order valence-electron chi connectivity index (χ1n) is 12.6. The van der Waals surface area contributed by atoms with Crippen LogP contribution in [0.25, 0.3) is 0 Å². The van der Waals surface area contributed by atoms with E-state index in [9.17, 15) is 9.59 Å². The normalized spacial score (nSPS) is 23.4. The fraction of sp³-hybridized carbons (Fsp3) is 0.484. The van der Waals surface area contributed by atoms with Crippen molar-refractivity contribution in [1.82, 2.24) is 0 Å². The first-order chi connectivity index (χ1) is 16.4. The molecule has 0 amide bonds. The molecule has 0 unspecified atom stereocenters. The average molecular weight is 475 g/mol. The van der Waals surface area contributed by atoms with Gasteiger partial charge in [0.05, 0.1) is 11.8 Å². The first kappa shape index (κ1) is 25.2. The molecule has 2 aliphatic carbocycles. The third kappa shape index (κ3) is 5.69. The highest BCUT2D eigenvalue weighted by atomic mass is 16.5. The molecule has 4 atom stereocenters. The van der Waals surface area contributed by atoms with Gasteiger partial charge in [-0.3, -0.25) is 9.59 Å². The van der Waals surface area contributed by atoms with Gasteiger partial charge < -0.3 is 9.47 Å². The van der Waals surface area contributed by atoms with Gasteiger partial charge in [-0.2, -0.15) is 0 Å². The predicted molar refractivity (Wildman–Crippen MR) is 138 cm³/mol. The number of carbonyl (C=O) groups excluding carboxylic acids is 2. The Balaban J connectivity index is 1.36. The Hall–Kier alpha value is -2.88. The Kier molecular flexibility index (Phi) is 6.95. The van der Waals surface area contributed by atoms with Crippen LogP contribution in [0.4, 0.5) is 0 Å². The third-order valence-electron chi connectivity index (χ3n) is 7.41. The van der Waals surface area contributed by atoms with E-state index in [1.807, 2.05) is 24.3 Å². The molecule has 1 saturated carbocycles. The van der Waals surface area contributed by atoms with E-state index in [0.717, 1.165) is 17.5 Å². The number of hydrogen-bond acceptors (Lipinski definition) is 4. The molecule has 4 nitrogen and oxygen atoms in total. The van der Waals surface area contributed by atoms with Gasteiger partial charge in [-0.05, 0) is 51.3 Å². The number of hydrogen-bond donors (Lipinski definition) is 0. The molecular weight excluding hydrogens is 436 g/mol. The smallest absolute Gasteiger partial charge is 0.310 e. The number of fused-ring (bicyclic) bond motifs is 2. The number of esters is 2. The molecule has 0 heterocycles. The zero-order chi connectivity index (χ0) is 25.4. The zero-order valence-corrected chi connectivity index (χ0v) is 21.8. The summed E-state index contributed by atoms with van der Waals surface area (Å²) in [7, 11) is 0.